The van der Waals surface area contributed by atoms with Crippen molar-refractivity contribution in [3.63, 3.8) is 0 Å². The van der Waals surface area contributed by atoms with Crippen molar-refractivity contribution in [1.82, 2.24) is 4.90 Å². The van der Waals surface area contributed by atoms with E-state index >= 15 is 0 Å². The number of carbonyl (C=O) groups excluding carboxylic acids is 1. The standard InChI is InChI=1S/C10H17NOS/c1-4-6-11-8(3)7-9(10(11)12)13-5-2/h9H,3-7H2,1-2H3. The van der Waals surface area contributed by atoms with Gasteiger partial charge >= 0.3 is 0 Å². The molecule has 0 aromatic heterocycles. The monoisotopic (exact) mass is 199 g/mol. The van der Waals surface area contributed by atoms with Crippen molar-refractivity contribution in [2.75, 3.05) is 12.3 Å². The lowest BCUT2D eigenvalue weighted by Gasteiger charge is -2.15. The highest BCUT2D eigenvalue weighted by Crippen LogP contribution is 2.30. The van der Waals surface area contributed by atoms with E-state index in [1.807, 2.05) is 4.90 Å². The summed E-state index contributed by atoms with van der Waals surface area (Å²) in [6, 6.07) is 0. The third kappa shape index (κ3) is 2.27. The molecule has 0 radical (unpaired) electrons. The van der Waals surface area contributed by atoms with Gasteiger partial charge in [-0.2, -0.15) is 0 Å². The van der Waals surface area contributed by atoms with Gasteiger partial charge in [0.25, 0.3) is 0 Å². The molecule has 1 rings (SSSR count). The average molecular weight is 199 g/mol. The minimum atomic E-state index is 0.143. The summed E-state index contributed by atoms with van der Waals surface area (Å²) in [4.78, 5) is 13.6. The second-order valence-corrected chi connectivity index (χ2v) is 4.68. The molecule has 0 aromatic rings. The van der Waals surface area contributed by atoms with Crippen LogP contribution in [0.2, 0.25) is 0 Å². The zero-order valence-corrected chi connectivity index (χ0v) is 9.19. The predicted octanol–water partition coefficient (Wildman–Crippen LogP) is 2.26. The molecule has 74 valence electrons. The molecule has 0 N–H and O–H groups in total. The van der Waals surface area contributed by atoms with Gasteiger partial charge in [0, 0.05) is 18.7 Å². The maximum Gasteiger partial charge on any atom is 0.240 e. The molecule has 1 heterocycles. The van der Waals surface area contributed by atoms with Crippen molar-refractivity contribution in [1.29, 1.82) is 0 Å². The van der Waals surface area contributed by atoms with Crippen molar-refractivity contribution in [3.8, 4) is 0 Å². The second-order valence-electron chi connectivity index (χ2n) is 3.20. The van der Waals surface area contributed by atoms with Crippen molar-refractivity contribution in [3.05, 3.63) is 12.3 Å². The Morgan fingerprint density at radius 2 is 2.31 bits per heavy atom. The molecule has 0 spiro atoms. The van der Waals surface area contributed by atoms with Gasteiger partial charge in [0.2, 0.25) is 5.91 Å². The van der Waals surface area contributed by atoms with Crippen LogP contribution < -0.4 is 0 Å². The van der Waals surface area contributed by atoms with E-state index in [1.165, 1.54) is 0 Å². The van der Waals surface area contributed by atoms with Gasteiger partial charge < -0.3 is 4.90 Å². The van der Waals surface area contributed by atoms with Gasteiger partial charge in [0.05, 0.1) is 5.25 Å². The van der Waals surface area contributed by atoms with Crippen molar-refractivity contribution >= 4 is 17.7 Å². The van der Waals surface area contributed by atoms with Gasteiger partial charge in [0.1, 0.15) is 0 Å². The van der Waals surface area contributed by atoms with Gasteiger partial charge in [-0.25, -0.2) is 0 Å². The largest absolute Gasteiger partial charge is 0.316 e. The first kappa shape index (κ1) is 10.6. The third-order valence-corrected chi connectivity index (χ3v) is 3.26. The Kier molecular flexibility index (Phi) is 3.85. The normalized spacial score (nSPS) is 22.9. The highest BCUT2D eigenvalue weighted by Gasteiger charge is 2.33. The molecule has 1 unspecified atom stereocenters. The number of allylic oxidation sites excluding steroid dienone is 1. The van der Waals surface area contributed by atoms with Crippen molar-refractivity contribution in [2.24, 2.45) is 0 Å². The van der Waals surface area contributed by atoms with Crippen LogP contribution in [0, 0.1) is 0 Å². The summed E-state index contributed by atoms with van der Waals surface area (Å²) in [6.45, 7) is 8.93. The SMILES string of the molecule is C=C1CC(SCC)C(=O)N1CCC. The van der Waals surface area contributed by atoms with Crippen LogP contribution in [0.3, 0.4) is 0 Å². The predicted molar refractivity (Wildman–Crippen MR) is 57.7 cm³/mol. The number of hydrogen-bond acceptors (Lipinski definition) is 2. The summed E-state index contributed by atoms with van der Waals surface area (Å²) >= 11 is 1.73. The lowest BCUT2D eigenvalue weighted by molar-refractivity contribution is -0.126. The molecule has 1 fully saturated rings. The maximum atomic E-state index is 11.7. The summed E-state index contributed by atoms with van der Waals surface area (Å²) < 4.78 is 0. The molecular weight excluding hydrogens is 182 g/mol. The van der Waals surface area contributed by atoms with Gasteiger partial charge in [-0.05, 0) is 12.2 Å². The Labute approximate surface area is 84.4 Å². The average Bonchev–Trinajstić information content (AvgIpc) is 2.34. The maximum absolute atomic E-state index is 11.7. The van der Waals surface area contributed by atoms with E-state index in [4.69, 9.17) is 0 Å². The van der Waals surface area contributed by atoms with E-state index in [9.17, 15) is 4.79 Å². The lowest BCUT2D eigenvalue weighted by Crippen LogP contribution is -2.28. The summed E-state index contributed by atoms with van der Waals surface area (Å²) in [5.41, 5.74) is 0.998. The zero-order valence-electron chi connectivity index (χ0n) is 8.38. The number of amides is 1. The van der Waals surface area contributed by atoms with Crippen LogP contribution >= 0.6 is 11.8 Å². The fourth-order valence-electron chi connectivity index (χ4n) is 1.56. The van der Waals surface area contributed by atoms with Crippen LogP contribution in [0.1, 0.15) is 26.7 Å². The molecule has 1 amide bonds. The molecule has 1 saturated heterocycles. The van der Waals surface area contributed by atoms with E-state index in [0.717, 1.165) is 30.8 Å². The topological polar surface area (TPSA) is 20.3 Å². The van der Waals surface area contributed by atoms with Crippen LogP contribution in [0.4, 0.5) is 0 Å². The fourth-order valence-corrected chi connectivity index (χ4v) is 2.55. The Balaban J connectivity index is 2.58. The zero-order chi connectivity index (χ0) is 9.84. The molecule has 0 saturated carbocycles. The van der Waals surface area contributed by atoms with E-state index in [0.29, 0.717) is 0 Å². The smallest absolute Gasteiger partial charge is 0.240 e. The number of thioether (sulfide) groups is 1. The highest BCUT2D eigenvalue weighted by molar-refractivity contribution is 8.00. The lowest BCUT2D eigenvalue weighted by atomic mass is 10.3. The third-order valence-electron chi connectivity index (χ3n) is 2.16. The summed E-state index contributed by atoms with van der Waals surface area (Å²) in [5.74, 6) is 1.27. The first-order valence-corrected chi connectivity index (χ1v) is 5.86. The Morgan fingerprint density at radius 3 is 2.85 bits per heavy atom. The minimum Gasteiger partial charge on any atom is -0.316 e. The number of rotatable bonds is 4. The molecule has 1 aliphatic heterocycles. The van der Waals surface area contributed by atoms with Crippen molar-refractivity contribution < 1.29 is 4.79 Å². The molecule has 0 bridgehead atoms. The first-order chi connectivity index (χ1) is 6.20. The van der Waals surface area contributed by atoms with Crippen LogP contribution in [0.25, 0.3) is 0 Å². The number of hydrogen-bond donors (Lipinski definition) is 0. The van der Waals surface area contributed by atoms with E-state index in [2.05, 4.69) is 20.4 Å². The van der Waals surface area contributed by atoms with E-state index in [1.54, 1.807) is 11.8 Å². The molecular formula is C10H17NOS. The molecule has 2 nitrogen and oxygen atoms in total. The van der Waals surface area contributed by atoms with Gasteiger partial charge in [-0.15, -0.1) is 11.8 Å². The molecule has 3 heteroatoms. The van der Waals surface area contributed by atoms with E-state index < -0.39 is 0 Å². The van der Waals surface area contributed by atoms with Gasteiger partial charge in [0.15, 0.2) is 0 Å². The van der Waals surface area contributed by atoms with E-state index in [-0.39, 0.29) is 11.2 Å². The fraction of sp³-hybridized carbons (Fsp3) is 0.700. The molecule has 1 aliphatic rings. The summed E-state index contributed by atoms with van der Waals surface area (Å²) in [6.07, 6.45) is 1.85. The molecule has 1 atom stereocenters. The number of carbonyl (C=O) groups is 1. The van der Waals surface area contributed by atoms with Crippen LogP contribution in [-0.2, 0) is 4.79 Å². The molecule has 0 aromatic carbocycles. The Bertz CT molecular complexity index is 215. The van der Waals surface area contributed by atoms with Crippen LogP contribution in [-0.4, -0.2) is 28.4 Å². The van der Waals surface area contributed by atoms with Gasteiger partial charge in [-0.3, -0.25) is 4.79 Å². The summed E-state index contributed by atoms with van der Waals surface area (Å²) in [7, 11) is 0. The number of nitrogens with zero attached hydrogens (tertiary/aromatic N) is 1. The van der Waals surface area contributed by atoms with Crippen LogP contribution in [0.5, 0.6) is 0 Å². The quantitative estimate of drug-likeness (QED) is 0.692. The summed E-state index contributed by atoms with van der Waals surface area (Å²) in [5, 5.41) is 0.143. The highest BCUT2D eigenvalue weighted by atomic mass is 32.2. The molecule has 0 aliphatic carbocycles. The Morgan fingerprint density at radius 1 is 1.62 bits per heavy atom. The Hall–Kier alpha value is -0.440. The molecule has 13 heavy (non-hydrogen) atoms. The number of likely N-dealkylation sites (tertiary alicyclic amines) is 1. The second kappa shape index (κ2) is 4.70. The van der Waals surface area contributed by atoms with Gasteiger partial charge in [-0.1, -0.05) is 20.4 Å². The van der Waals surface area contributed by atoms with Crippen LogP contribution in [0.15, 0.2) is 12.3 Å². The van der Waals surface area contributed by atoms with Crippen molar-refractivity contribution in [2.45, 2.75) is 31.9 Å². The minimum absolute atomic E-state index is 0.143. The first-order valence-electron chi connectivity index (χ1n) is 4.81.